The summed E-state index contributed by atoms with van der Waals surface area (Å²) in [5.74, 6) is 2.20. The second kappa shape index (κ2) is 8.58. The van der Waals surface area contributed by atoms with Crippen molar-refractivity contribution in [2.75, 3.05) is 12.4 Å². The Balaban J connectivity index is 1.57. The maximum atomic E-state index is 12.5. The molecule has 6 nitrogen and oxygen atoms in total. The molecule has 0 aliphatic heterocycles. The average molecular weight is 375 g/mol. The minimum absolute atomic E-state index is 0.0963. The van der Waals surface area contributed by atoms with E-state index in [4.69, 9.17) is 4.74 Å². The Kier molecular flexibility index (Phi) is 6.19. The van der Waals surface area contributed by atoms with E-state index in [1.54, 1.807) is 7.11 Å². The highest BCUT2D eigenvalue weighted by atomic mass is 32.2. The highest BCUT2D eigenvalue weighted by Crippen LogP contribution is 2.29. The Labute approximate surface area is 158 Å². The first-order valence-corrected chi connectivity index (χ1v) is 9.96. The monoisotopic (exact) mass is 374 g/mol. The number of hydrogen-bond donors (Lipinski definition) is 2. The number of nitrogens with zero attached hydrogens (tertiary/aromatic N) is 2. The van der Waals surface area contributed by atoms with Crippen molar-refractivity contribution < 1.29 is 9.53 Å². The first-order valence-electron chi connectivity index (χ1n) is 9.08. The van der Waals surface area contributed by atoms with Crippen LogP contribution in [0.15, 0.2) is 23.4 Å². The van der Waals surface area contributed by atoms with Gasteiger partial charge in [-0.1, -0.05) is 43.5 Å². The lowest BCUT2D eigenvalue weighted by Crippen LogP contribution is -2.22. The molecule has 1 aliphatic carbocycles. The molecule has 0 saturated heterocycles. The van der Waals surface area contributed by atoms with Crippen molar-refractivity contribution in [2.24, 2.45) is 5.92 Å². The van der Waals surface area contributed by atoms with E-state index in [1.807, 2.05) is 32.0 Å². The van der Waals surface area contributed by atoms with Crippen molar-refractivity contribution in [2.45, 2.75) is 56.4 Å². The molecule has 0 unspecified atom stereocenters. The first kappa shape index (κ1) is 18.8. The smallest absolute Gasteiger partial charge is 0.237 e. The van der Waals surface area contributed by atoms with Crippen LogP contribution in [0.4, 0.5) is 5.69 Å². The summed E-state index contributed by atoms with van der Waals surface area (Å²) in [6.07, 6.45) is 6.15. The molecule has 2 N–H and O–H groups in total. The standard InChI is InChI=1S/C19H26N4O2S/c1-12-8-9-16(25-3)15(10-12)20-18(24)13(2)26-19-21-17(22-23-19)11-14-6-4-5-7-14/h8-10,13-14H,4-7,11H2,1-3H3,(H,20,24)(H,21,22,23)/t13-/m1/s1. The molecular formula is C19H26N4O2S. The summed E-state index contributed by atoms with van der Waals surface area (Å²) in [5, 5.41) is 10.5. The highest BCUT2D eigenvalue weighted by molar-refractivity contribution is 8.00. The molecule has 1 amide bonds. The molecule has 1 aromatic carbocycles. The first-order chi connectivity index (χ1) is 12.5. The summed E-state index contributed by atoms with van der Waals surface area (Å²) in [5.41, 5.74) is 1.74. The summed E-state index contributed by atoms with van der Waals surface area (Å²) in [6, 6.07) is 5.71. The van der Waals surface area contributed by atoms with Crippen molar-refractivity contribution in [1.29, 1.82) is 0 Å². The summed E-state index contributed by atoms with van der Waals surface area (Å²) < 4.78 is 5.31. The third kappa shape index (κ3) is 4.78. The molecule has 2 aromatic rings. The highest BCUT2D eigenvalue weighted by Gasteiger charge is 2.20. The molecule has 1 atom stereocenters. The molecule has 7 heteroatoms. The zero-order chi connectivity index (χ0) is 18.5. The minimum Gasteiger partial charge on any atom is -0.495 e. The molecule has 1 aromatic heterocycles. The van der Waals surface area contributed by atoms with Gasteiger partial charge < -0.3 is 10.1 Å². The third-order valence-corrected chi connectivity index (χ3v) is 5.69. The molecule has 0 radical (unpaired) electrons. The van der Waals surface area contributed by atoms with Crippen LogP contribution in [0.5, 0.6) is 5.75 Å². The van der Waals surface area contributed by atoms with E-state index in [9.17, 15) is 4.79 Å². The third-order valence-electron chi connectivity index (χ3n) is 4.73. The van der Waals surface area contributed by atoms with Gasteiger partial charge in [0, 0.05) is 6.42 Å². The lowest BCUT2D eigenvalue weighted by Gasteiger charge is -2.13. The average Bonchev–Trinajstić information content (AvgIpc) is 3.27. The van der Waals surface area contributed by atoms with Crippen LogP contribution >= 0.6 is 11.8 Å². The van der Waals surface area contributed by atoms with E-state index in [0.29, 0.717) is 16.6 Å². The number of benzene rings is 1. The maximum Gasteiger partial charge on any atom is 0.237 e. The number of ether oxygens (including phenoxy) is 1. The molecule has 1 saturated carbocycles. The molecular weight excluding hydrogens is 348 g/mol. The number of carbonyl (C=O) groups is 1. The van der Waals surface area contributed by atoms with E-state index in [2.05, 4.69) is 20.5 Å². The lowest BCUT2D eigenvalue weighted by atomic mass is 10.0. The van der Waals surface area contributed by atoms with Crippen LogP contribution in [-0.2, 0) is 11.2 Å². The van der Waals surface area contributed by atoms with Gasteiger partial charge in [-0.25, -0.2) is 4.98 Å². The van der Waals surface area contributed by atoms with Crippen LogP contribution in [0.1, 0.15) is 44.0 Å². The zero-order valence-electron chi connectivity index (χ0n) is 15.5. The number of amides is 1. The number of aryl methyl sites for hydroxylation is 1. The normalized spacial score (nSPS) is 15.8. The number of rotatable bonds is 7. The number of anilines is 1. The predicted molar refractivity (Wildman–Crippen MR) is 104 cm³/mol. The second-order valence-electron chi connectivity index (χ2n) is 6.87. The topological polar surface area (TPSA) is 79.9 Å². The van der Waals surface area contributed by atoms with Crippen LogP contribution < -0.4 is 10.1 Å². The van der Waals surface area contributed by atoms with Gasteiger partial charge in [-0.15, -0.1) is 5.10 Å². The van der Waals surface area contributed by atoms with Crippen molar-refractivity contribution in [3.05, 3.63) is 29.6 Å². The fourth-order valence-electron chi connectivity index (χ4n) is 3.28. The fourth-order valence-corrected chi connectivity index (χ4v) is 4.02. The number of H-pyrrole nitrogens is 1. The van der Waals surface area contributed by atoms with Gasteiger partial charge >= 0.3 is 0 Å². The van der Waals surface area contributed by atoms with Crippen molar-refractivity contribution in [3.8, 4) is 5.75 Å². The summed E-state index contributed by atoms with van der Waals surface area (Å²) >= 11 is 1.36. The molecule has 0 spiro atoms. The number of aromatic amines is 1. The van der Waals surface area contributed by atoms with E-state index in [-0.39, 0.29) is 11.2 Å². The molecule has 0 bridgehead atoms. The van der Waals surface area contributed by atoms with Gasteiger partial charge in [0.25, 0.3) is 0 Å². The number of methoxy groups -OCH3 is 1. The number of thioether (sulfide) groups is 1. The quantitative estimate of drug-likeness (QED) is 0.717. The van der Waals surface area contributed by atoms with Crippen LogP contribution in [0.3, 0.4) is 0 Å². The molecule has 3 rings (SSSR count). The van der Waals surface area contributed by atoms with Gasteiger partial charge in [0.15, 0.2) is 0 Å². The number of hydrogen-bond acceptors (Lipinski definition) is 5. The van der Waals surface area contributed by atoms with Crippen LogP contribution in [0, 0.1) is 12.8 Å². The minimum atomic E-state index is -0.310. The Morgan fingerprint density at radius 2 is 2.19 bits per heavy atom. The molecule has 1 fully saturated rings. The summed E-state index contributed by atoms with van der Waals surface area (Å²) in [7, 11) is 1.60. The van der Waals surface area contributed by atoms with Gasteiger partial charge in [-0.05, 0) is 37.5 Å². The number of nitrogens with one attached hydrogen (secondary N) is 2. The summed E-state index contributed by atoms with van der Waals surface area (Å²) in [4.78, 5) is 17.1. The van der Waals surface area contributed by atoms with E-state index in [0.717, 1.165) is 23.7 Å². The van der Waals surface area contributed by atoms with E-state index >= 15 is 0 Å². The lowest BCUT2D eigenvalue weighted by molar-refractivity contribution is -0.115. The van der Waals surface area contributed by atoms with Gasteiger partial charge in [-0.3, -0.25) is 9.89 Å². The van der Waals surface area contributed by atoms with Gasteiger partial charge in [0.1, 0.15) is 11.6 Å². The van der Waals surface area contributed by atoms with Gasteiger partial charge in [-0.2, -0.15) is 0 Å². The Morgan fingerprint density at radius 3 is 2.92 bits per heavy atom. The van der Waals surface area contributed by atoms with Crippen molar-refractivity contribution in [3.63, 3.8) is 0 Å². The molecule has 26 heavy (non-hydrogen) atoms. The predicted octanol–water partition coefficient (Wildman–Crippen LogP) is 3.97. The molecule has 1 aliphatic rings. The Bertz CT molecular complexity index is 756. The molecule has 140 valence electrons. The van der Waals surface area contributed by atoms with Crippen LogP contribution in [0.2, 0.25) is 0 Å². The van der Waals surface area contributed by atoms with Gasteiger partial charge in [0.2, 0.25) is 11.1 Å². The Morgan fingerprint density at radius 1 is 1.42 bits per heavy atom. The van der Waals surface area contributed by atoms with Gasteiger partial charge in [0.05, 0.1) is 18.0 Å². The second-order valence-corrected chi connectivity index (χ2v) is 8.18. The summed E-state index contributed by atoms with van der Waals surface area (Å²) in [6.45, 7) is 3.84. The SMILES string of the molecule is COc1ccc(C)cc1NC(=O)[C@@H](C)Sc1n[nH]c(CC2CCCC2)n1. The van der Waals surface area contributed by atoms with Crippen LogP contribution in [-0.4, -0.2) is 33.4 Å². The Hall–Kier alpha value is -2.02. The van der Waals surface area contributed by atoms with Crippen LogP contribution in [0.25, 0.3) is 0 Å². The maximum absolute atomic E-state index is 12.5. The largest absolute Gasteiger partial charge is 0.495 e. The van der Waals surface area contributed by atoms with Crippen molar-refractivity contribution in [1.82, 2.24) is 15.2 Å². The van der Waals surface area contributed by atoms with Crippen molar-refractivity contribution >= 4 is 23.4 Å². The number of carbonyl (C=O) groups excluding carboxylic acids is 1. The number of aromatic nitrogens is 3. The van der Waals surface area contributed by atoms with E-state index in [1.165, 1.54) is 37.4 Å². The van der Waals surface area contributed by atoms with E-state index < -0.39 is 0 Å². The fraction of sp³-hybridized carbons (Fsp3) is 0.526. The zero-order valence-corrected chi connectivity index (χ0v) is 16.4. The molecule has 1 heterocycles.